The molecule has 0 radical (unpaired) electrons. The summed E-state index contributed by atoms with van der Waals surface area (Å²) in [6.07, 6.45) is 1.13. The summed E-state index contributed by atoms with van der Waals surface area (Å²) in [5.74, 6) is -0.237. The van der Waals surface area contributed by atoms with Crippen molar-refractivity contribution in [2.45, 2.75) is 51.2 Å². The minimum Gasteiger partial charge on any atom is -0.373 e. The van der Waals surface area contributed by atoms with E-state index >= 15 is 0 Å². The average Bonchev–Trinajstić information content (AvgIpc) is 2.52. The highest BCUT2D eigenvalue weighted by Crippen LogP contribution is 2.20. The number of nitrogens with one attached hydrogen (secondary N) is 2. The Kier molecular flexibility index (Phi) is 7.16. The van der Waals surface area contributed by atoms with Gasteiger partial charge in [-0.1, -0.05) is 6.07 Å². The van der Waals surface area contributed by atoms with Gasteiger partial charge in [0.05, 0.1) is 17.1 Å². The van der Waals surface area contributed by atoms with Crippen molar-refractivity contribution in [3.05, 3.63) is 23.8 Å². The highest BCUT2D eigenvalue weighted by atomic mass is 32.2. The van der Waals surface area contributed by atoms with Crippen molar-refractivity contribution < 1.29 is 17.9 Å². The number of hydrogen-bond acceptors (Lipinski definition) is 5. The van der Waals surface area contributed by atoms with Gasteiger partial charge in [-0.15, -0.1) is 0 Å². The summed E-state index contributed by atoms with van der Waals surface area (Å²) in [5, 5.41) is 2.61. The molecule has 0 bridgehead atoms. The van der Waals surface area contributed by atoms with E-state index in [1.165, 1.54) is 13.0 Å². The zero-order valence-corrected chi connectivity index (χ0v) is 16.7. The number of ether oxygens (including phenoxy) is 1. The van der Waals surface area contributed by atoms with Crippen molar-refractivity contribution in [1.29, 1.82) is 0 Å². The number of aryl methyl sites for hydroxylation is 1. The molecule has 1 aromatic rings. The van der Waals surface area contributed by atoms with Gasteiger partial charge in [-0.25, -0.2) is 13.1 Å². The standard InChI is InChI=1S/C18H29N3O4S/c1-13-6-7-17(20-16(4)22)10-18(13)26(23,24)19-8-5-9-21-11-14(2)25-15(3)12-21/h6-7,10,14-15,19H,5,8-9,11-12H2,1-4H3,(H,20,22). The summed E-state index contributed by atoms with van der Waals surface area (Å²) in [6, 6.07) is 4.87. The van der Waals surface area contributed by atoms with Crippen LogP contribution in [-0.2, 0) is 19.6 Å². The second-order valence-corrected chi connectivity index (χ2v) is 8.67. The van der Waals surface area contributed by atoms with Gasteiger partial charge in [-0.2, -0.15) is 0 Å². The highest BCUT2D eigenvalue weighted by Gasteiger charge is 2.22. The lowest BCUT2D eigenvalue weighted by atomic mass is 10.2. The topological polar surface area (TPSA) is 87.7 Å². The van der Waals surface area contributed by atoms with Crippen molar-refractivity contribution in [2.75, 3.05) is 31.5 Å². The van der Waals surface area contributed by atoms with Crippen molar-refractivity contribution in [1.82, 2.24) is 9.62 Å². The van der Waals surface area contributed by atoms with E-state index in [1.807, 2.05) is 0 Å². The summed E-state index contributed by atoms with van der Waals surface area (Å²) in [7, 11) is -3.62. The van der Waals surface area contributed by atoms with Gasteiger partial charge in [0.25, 0.3) is 0 Å². The van der Waals surface area contributed by atoms with Crippen LogP contribution in [0.4, 0.5) is 5.69 Å². The Labute approximate surface area is 156 Å². The number of carbonyl (C=O) groups excluding carboxylic acids is 1. The molecule has 1 aliphatic heterocycles. The maximum atomic E-state index is 12.6. The maximum Gasteiger partial charge on any atom is 0.240 e. The van der Waals surface area contributed by atoms with Crippen molar-refractivity contribution >= 4 is 21.6 Å². The number of carbonyl (C=O) groups is 1. The van der Waals surface area contributed by atoms with E-state index in [4.69, 9.17) is 4.74 Å². The van der Waals surface area contributed by atoms with Crippen LogP contribution in [0.25, 0.3) is 0 Å². The normalized spacial score (nSPS) is 21.5. The Morgan fingerprint density at radius 2 is 1.92 bits per heavy atom. The average molecular weight is 384 g/mol. The fourth-order valence-corrected chi connectivity index (χ4v) is 4.57. The molecule has 2 atom stereocenters. The molecule has 1 fully saturated rings. The third-order valence-corrected chi connectivity index (χ3v) is 5.84. The molecule has 0 saturated carbocycles. The van der Waals surface area contributed by atoms with Crippen LogP contribution in [0.2, 0.25) is 0 Å². The van der Waals surface area contributed by atoms with E-state index in [2.05, 4.69) is 28.8 Å². The first-order valence-corrected chi connectivity index (χ1v) is 10.4. The van der Waals surface area contributed by atoms with Crippen LogP contribution in [0.1, 0.15) is 32.8 Å². The summed E-state index contributed by atoms with van der Waals surface area (Å²) < 4.78 is 33.5. The lowest BCUT2D eigenvalue weighted by Gasteiger charge is -2.35. The first kappa shape index (κ1) is 20.8. The minimum atomic E-state index is -3.62. The number of amides is 1. The molecule has 1 saturated heterocycles. The van der Waals surface area contributed by atoms with Gasteiger partial charge in [-0.05, 0) is 51.4 Å². The van der Waals surface area contributed by atoms with Crippen LogP contribution in [0.5, 0.6) is 0 Å². The molecule has 146 valence electrons. The van der Waals surface area contributed by atoms with Crippen LogP contribution in [-0.4, -0.2) is 57.6 Å². The maximum absolute atomic E-state index is 12.6. The Balaban J connectivity index is 1.91. The Morgan fingerprint density at radius 1 is 1.27 bits per heavy atom. The number of benzene rings is 1. The third-order valence-electron chi connectivity index (χ3n) is 4.24. The van der Waals surface area contributed by atoms with Crippen LogP contribution >= 0.6 is 0 Å². The molecule has 7 nitrogen and oxygen atoms in total. The second kappa shape index (κ2) is 8.94. The summed E-state index contributed by atoms with van der Waals surface area (Å²) in [6.45, 7) is 10.2. The highest BCUT2D eigenvalue weighted by molar-refractivity contribution is 7.89. The van der Waals surface area contributed by atoms with Crippen molar-refractivity contribution in [2.24, 2.45) is 0 Å². The van der Waals surface area contributed by atoms with E-state index in [-0.39, 0.29) is 23.0 Å². The van der Waals surface area contributed by atoms with Crippen LogP contribution in [0, 0.1) is 6.92 Å². The van der Waals surface area contributed by atoms with Gasteiger partial charge in [-0.3, -0.25) is 9.69 Å². The first-order chi connectivity index (χ1) is 12.2. The summed E-state index contributed by atoms with van der Waals surface area (Å²) in [4.78, 5) is 13.7. The minimum absolute atomic E-state index is 0.192. The molecule has 0 spiro atoms. The van der Waals surface area contributed by atoms with Crippen LogP contribution in [0.3, 0.4) is 0 Å². The van der Waals surface area contributed by atoms with Gasteiger partial charge >= 0.3 is 0 Å². The van der Waals surface area contributed by atoms with Gasteiger partial charge in [0, 0.05) is 32.2 Å². The zero-order chi connectivity index (χ0) is 19.3. The molecule has 1 aliphatic rings. The number of morpholine rings is 1. The molecule has 2 unspecified atom stereocenters. The van der Waals surface area contributed by atoms with Crippen molar-refractivity contribution in [3.63, 3.8) is 0 Å². The Morgan fingerprint density at radius 3 is 2.54 bits per heavy atom. The lowest BCUT2D eigenvalue weighted by Crippen LogP contribution is -2.46. The van der Waals surface area contributed by atoms with Gasteiger partial charge in [0.2, 0.25) is 15.9 Å². The fraction of sp³-hybridized carbons (Fsp3) is 0.611. The largest absolute Gasteiger partial charge is 0.373 e. The van der Waals surface area contributed by atoms with E-state index in [0.717, 1.165) is 26.1 Å². The van der Waals surface area contributed by atoms with Gasteiger partial charge < -0.3 is 10.1 Å². The predicted molar refractivity (Wildman–Crippen MR) is 102 cm³/mol. The summed E-state index contributed by atoms with van der Waals surface area (Å²) >= 11 is 0. The summed E-state index contributed by atoms with van der Waals surface area (Å²) in [5.41, 5.74) is 1.11. The smallest absolute Gasteiger partial charge is 0.240 e. The molecule has 1 aromatic carbocycles. The van der Waals surface area contributed by atoms with E-state index in [9.17, 15) is 13.2 Å². The first-order valence-electron chi connectivity index (χ1n) is 8.93. The SMILES string of the molecule is CC(=O)Nc1ccc(C)c(S(=O)(=O)NCCCN2CC(C)OC(C)C2)c1. The number of hydrogen-bond donors (Lipinski definition) is 2. The van der Waals surface area contributed by atoms with Crippen LogP contribution in [0.15, 0.2) is 23.1 Å². The molecule has 2 rings (SSSR count). The van der Waals surface area contributed by atoms with Crippen LogP contribution < -0.4 is 10.0 Å². The van der Waals surface area contributed by atoms with E-state index in [1.54, 1.807) is 19.1 Å². The number of rotatable bonds is 7. The molecule has 1 heterocycles. The van der Waals surface area contributed by atoms with Gasteiger partial charge in [0.15, 0.2) is 0 Å². The van der Waals surface area contributed by atoms with Gasteiger partial charge in [0.1, 0.15) is 0 Å². The molecule has 1 amide bonds. The monoisotopic (exact) mass is 383 g/mol. The molecule has 0 aromatic heterocycles. The number of nitrogens with zero attached hydrogens (tertiary/aromatic N) is 1. The quantitative estimate of drug-likeness (QED) is 0.700. The van der Waals surface area contributed by atoms with E-state index < -0.39 is 10.0 Å². The zero-order valence-electron chi connectivity index (χ0n) is 15.9. The number of anilines is 1. The molecular weight excluding hydrogens is 354 g/mol. The molecule has 0 aliphatic carbocycles. The van der Waals surface area contributed by atoms with E-state index in [0.29, 0.717) is 17.8 Å². The lowest BCUT2D eigenvalue weighted by molar-refractivity contribution is -0.114. The Bertz CT molecular complexity index is 726. The third kappa shape index (κ3) is 6.05. The fourth-order valence-electron chi connectivity index (χ4n) is 3.22. The molecular formula is C18H29N3O4S. The molecule has 2 N–H and O–H groups in total. The predicted octanol–water partition coefficient (Wildman–Crippen LogP) is 1.73. The molecule has 26 heavy (non-hydrogen) atoms. The van der Waals surface area contributed by atoms with Crippen molar-refractivity contribution in [3.8, 4) is 0 Å². The second-order valence-electron chi connectivity index (χ2n) is 6.93. The molecule has 8 heteroatoms. The Hall–Kier alpha value is -1.48. The number of sulfonamides is 1.